The van der Waals surface area contributed by atoms with E-state index in [9.17, 15) is 22.8 Å². The molecule has 2 fully saturated rings. The van der Waals surface area contributed by atoms with E-state index in [1.165, 1.54) is 30.6 Å². The van der Waals surface area contributed by atoms with E-state index in [-0.39, 0.29) is 28.2 Å². The van der Waals surface area contributed by atoms with Gasteiger partial charge in [0.2, 0.25) is 0 Å². The van der Waals surface area contributed by atoms with Crippen LogP contribution >= 0.6 is 0 Å². The van der Waals surface area contributed by atoms with Gasteiger partial charge in [-0.15, -0.1) is 0 Å². The normalized spacial score (nSPS) is 23.4. The van der Waals surface area contributed by atoms with Crippen molar-refractivity contribution in [2.45, 2.75) is 38.0 Å². The summed E-state index contributed by atoms with van der Waals surface area (Å²) >= 11 is 0. The molecule has 2 unspecified atom stereocenters. The number of amides is 1. The first kappa shape index (κ1) is 21.1. The number of alkyl halides is 2. The average Bonchev–Trinajstić information content (AvgIpc) is 3.30. The molecule has 1 amide bonds. The van der Waals surface area contributed by atoms with E-state index in [1.807, 2.05) is 6.92 Å². The summed E-state index contributed by atoms with van der Waals surface area (Å²) in [5, 5.41) is 0.238. The highest BCUT2D eigenvalue weighted by Gasteiger charge is 2.71. The van der Waals surface area contributed by atoms with Crippen LogP contribution in [0.5, 0.6) is 0 Å². The minimum Gasteiger partial charge on any atom is -0.364 e. The van der Waals surface area contributed by atoms with Crippen LogP contribution in [-0.2, 0) is 0 Å². The highest BCUT2D eigenvalue weighted by molar-refractivity contribution is 6.03. The van der Waals surface area contributed by atoms with Gasteiger partial charge in [0.25, 0.3) is 11.8 Å². The number of aromatic amines is 1. The monoisotopic (exact) mass is 429 g/mol. The fourth-order valence-corrected chi connectivity index (χ4v) is 4.79. The Labute approximate surface area is 176 Å². The van der Waals surface area contributed by atoms with Gasteiger partial charge in [0.1, 0.15) is 11.5 Å². The molecule has 3 aromatic rings. The van der Waals surface area contributed by atoms with Crippen molar-refractivity contribution in [2.24, 2.45) is 17.6 Å². The van der Waals surface area contributed by atoms with Crippen molar-refractivity contribution < 1.29 is 18.0 Å². The number of fused-ring (bicyclic) bond motifs is 2. The van der Waals surface area contributed by atoms with Crippen LogP contribution in [0.4, 0.5) is 13.2 Å². The Hall–Kier alpha value is -3.16. The standard InChI is InChI=1S/C14H15F3.C9H7N3O2/c1-8-7-9(15)5-6-10(8)11-3-2-4-12-13(11)14(12,16)17;10-9(14)8-7-5(1-3-12-8)11-4-2-6(7)13/h5-7,11-13H,2-4H2,1H3;1-4H,(H2,10,14)(H,11,13)/t11?,12-,13?;/m0./s1. The molecule has 1 aromatic carbocycles. The van der Waals surface area contributed by atoms with Crippen molar-refractivity contribution >= 4 is 16.8 Å². The van der Waals surface area contributed by atoms with Crippen molar-refractivity contribution in [3.63, 3.8) is 0 Å². The first-order valence-corrected chi connectivity index (χ1v) is 10.1. The smallest absolute Gasteiger partial charge is 0.268 e. The third-order valence-electron chi connectivity index (χ3n) is 6.26. The third-order valence-corrected chi connectivity index (χ3v) is 6.26. The molecule has 0 saturated heterocycles. The van der Waals surface area contributed by atoms with Crippen molar-refractivity contribution in [3.8, 4) is 0 Å². The van der Waals surface area contributed by atoms with E-state index in [2.05, 4.69) is 9.97 Å². The lowest BCUT2D eigenvalue weighted by molar-refractivity contribution is 0.0823. The van der Waals surface area contributed by atoms with Crippen LogP contribution in [0.25, 0.3) is 10.9 Å². The Morgan fingerprint density at radius 3 is 2.71 bits per heavy atom. The Morgan fingerprint density at radius 1 is 1.23 bits per heavy atom. The number of primary amides is 1. The van der Waals surface area contributed by atoms with Crippen LogP contribution in [0.1, 0.15) is 46.8 Å². The van der Waals surface area contributed by atoms with Crippen LogP contribution in [0.3, 0.4) is 0 Å². The van der Waals surface area contributed by atoms with Crippen LogP contribution in [-0.4, -0.2) is 21.8 Å². The molecule has 31 heavy (non-hydrogen) atoms. The van der Waals surface area contributed by atoms with Crippen LogP contribution < -0.4 is 11.2 Å². The molecule has 0 aliphatic heterocycles. The molecule has 2 aromatic heterocycles. The SMILES string of the molecule is Cc1cc(F)ccc1C1CCC[C@H]2C1C2(F)F.NC(=O)c1nccc2[nH]ccc(=O)c12. The summed E-state index contributed by atoms with van der Waals surface area (Å²) in [5.41, 5.74) is 7.11. The molecular weight excluding hydrogens is 407 g/mol. The summed E-state index contributed by atoms with van der Waals surface area (Å²) in [4.78, 5) is 29.0. The molecule has 0 bridgehead atoms. The molecular formula is C23H22F3N3O2. The van der Waals surface area contributed by atoms with Gasteiger partial charge in [0.15, 0.2) is 5.43 Å². The Balaban J connectivity index is 0.000000152. The van der Waals surface area contributed by atoms with E-state index in [4.69, 9.17) is 5.73 Å². The summed E-state index contributed by atoms with van der Waals surface area (Å²) in [6.07, 6.45) is 5.25. The second kappa shape index (κ2) is 7.83. The lowest BCUT2D eigenvalue weighted by atomic mass is 9.82. The average molecular weight is 429 g/mol. The number of nitrogens with one attached hydrogen (secondary N) is 1. The van der Waals surface area contributed by atoms with Crippen LogP contribution in [0.2, 0.25) is 0 Å². The zero-order valence-electron chi connectivity index (χ0n) is 16.9. The van der Waals surface area contributed by atoms with E-state index in [0.717, 1.165) is 24.0 Å². The van der Waals surface area contributed by atoms with Crippen molar-refractivity contribution in [3.05, 3.63) is 75.6 Å². The number of aryl methyl sites for hydroxylation is 1. The maximum Gasteiger partial charge on any atom is 0.268 e. The Morgan fingerprint density at radius 2 is 2.00 bits per heavy atom. The largest absolute Gasteiger partial charge is 0.364 e. The lowest BCUT2D eigenvalue weighted by Gasteiger charge is -2.22. The Bertz CT molecular complexity index is 1200. The van der Waals surface area contributed by atoms with Crippen molar-refractivity contribution in [1.82, 2.24) is 9.97 Å². The van der Waals surface area contributed by atoms with Gasteiger partial charge in [-0.2, -0.15) is 0 Å². The molecule has 0 spiro atoms. The maximum absolute atomic E-state index is 13.6. The van der Waals surface area contributed by atoms with E-state index in [1.54, 1.807) is 12.1 Å². The first-order chi connectivity index (χ1) is 14.7. The summed E-state index contributed by atoms with van der Waals surface area (Å²) in [6.45, 7) is 1.81. The predicted molar refractivity (Wildman–Crippen MR) is 111 cm³/mol. The molecule has 0 radical (unpaired) electrons. The second-order valence-corrected chi connectivity index (χ2v) is 8.13. The first-order valence-electron chi connectivity index (χ1n) is 10.1. The number of aromatic nitrogens is 2. The third kappa shape index (κ3) is 3.82. The fourth-order valence-electron chi connectivity index (χ4n) is 4.79. The molecule has 162 valence electrons. The molecule has 2 heterocycles. The molecule has 2 saturated carbocycles. The maximum atomic E-state index is 13.6. The molecule has 5 nitrogen and oxygen atoms in total. The minimum absolute atomic E-state index is 0.00403. The van der Waals surface area contributed by atoms with Gasteiger partial charge in [-0.05, 0) is 55.0 Å². The lowest BCUT2D eigenvalue weighted by Crippen LogP contribution is -2.17. The predicted octanol–water partition coefficient (Wildman–Crippen LogP) is 4.30. The molecule has 3 atom stereocenters. The second-order valence-electron chi connectivity index (χ2n) is 8.13. The summed E-state index contributed by atoms with van der Waals surface area (Å²) in [7, 11) is 0. The fraction of sp³-hybridized carbons (Fsp3) is 0.348. The number of H-pyrrole nitrogens is 1. The van der Waals surface area contributed by atoms with Gasteiger partial charge in [-0.25, -0.2) is 13.2 Å². The summed E-state index contributed by atoms with van der Waals surface area (Å²) < 4.78 is 40.2. The number of nitrogens with zero attached hydrogens (tertiary/aromatic N) is 1. The van der Waals surface area contributed by atoms with Gasteiger partial charge in [-0.3, -0.25) is 14.6 Å². The highest BCUT2D eigenvalue weighted by atomic mass is 19.3. The minimum atomic E-state index is -2.48. The quantitative estimate of drug-likeness (QED) is 0.636. The van der Waals surface area contributed by atoms with Gasteiger partial charge in [-0.1, -0.05) is 12.5 Å². The summed E-state index contributed by atoms with van der Waals surface area (Å²) in [5.74, 6) is -4.48. The van der Waals surface area contributed by atoms with Crippen LogP contribution in [0.15, 0.2) is 47.5 Å². The molecule has 8 heteroatoms. The summed E-state index contributed by atoms with van der Waals surface area (Å²) in [6, 6.07) is 7.46. The zero-order chi connectivity index (χ0) is 22.3. The van der Waals surface area contributed by atoms with Crippen molar-refractivity contribution in [1.29, 1.82) is 0 Å². The zero-order valence-corrected chi connectivity index (χ0v) is 16.9. The van der Waals surface area contributed by atoms with Gasteiger partial charge < -0.3 is 10.7 Å². The van der Waals surface area contributed by atoms with Gasteiger partial charge in [0.05, 0.1) is 10.9 Å². The van der Waals surface area contributed by atoms with E-state index >= 15 is 0 Å². The molecule has 2 aliphatic rings. The highest BCUT2D eigenvalue weighted by Crippen LogP contribution is 2.67. The molecule has 2 aliphatic carbocycles. The number of rotatable bonds is 2. The Kier molecular flexibility index (Phi) is 5.33. The number of nitrogens with two attached hydrogens (primary N) is 1. The van der Waals surface area contributed by atoms with Gasteiger partial charge >= 0.3 is 0 Å². The van der Waals surface area contributed by atoms with Crippen molar-refractivity contribution in [2.75, 3.05) is 0 Å². The van der Waals surface area contributed by atoms with E-state index in [0.29, 0.717) is 11.9 Å². The number of halogens is 3. The number of hydrogen-bond donors (Lipinski definition) is 2. The number of pyridine rings is 2. The van der Waals surface area contributed by atoms with Crippen LogP contribution in [0, 0.1) is 24.6 Å². The number of hydrogen-bond acceptors (Lipinski definition) is 3. The van der Waals surface area contributed by atoms with E-state index < -0.39 is 23.7 Å². The van der Waals surface area contributed by atoms with Gasteiger partial charge in [0, 0.05) is 30.3 Å². The number of benzene rings is 1. The number of carbonyl (C=O) groups is 1. The molecule has 3 N–H and O–H groups in total. The topological polar surface area (TPSA) is 88.8 Å². The number of carbonyl (C=O) groups excluding carboxylic acids is 1. The molecule has 5 rings (SSSR count).